The van der Waals surface area contributed by atoms with Crippen molar-refractivity contribution < 1.29 is 19.2 Å². The van der Waals surface area contributed by atoms with Crippen LogP contribution in [0.4, 0.5) is 0 Å². The van der Waals surface area contributed by atoms with Crippen molar-refractivity contribution in [1.82, 2.24) is 10.1 Å². The number of carboxylic acids is 1. The highest BCUT2D eigenvalue weighted by Gasteiger charge is 2.53. The molecule has 2 fully saturated rings. The SMILES string of the molecule is Cc1ccc(-c2cc(CN3C[C@@H]4COCC[C@]4(C(=O)O)C3)on2)cc1. The Bertz CT molecular complexity index is 770. The number of hydrogen-bond acceptors (Lipinski definition) is 5. The molecule has 6 nitrogen and oxygen atoms in total. The van der Waals surface area contributed by atoms with Gasteiger partial charge in [-0.25, -0.2) is 0 Å². The van der Waals surface area contributed by atoms with Crippen LogP contribution in [0.15, 0.2) is 34.9 Å². The molecule has 0 unspecified atom stereocenters. The number of aryl methyl sites for hydroxylation is 1. The predicted molar refractivity (Wildman–Crippen MR) is 90.9 cm³/mol. The Labute approximate surface area is 146 Å². The van der Waals surface area contributed by atoms with Gasteiger partial charge in [-0.05, 0) is 13.3 Å². The lowest BCUT2D eigenvalue weighted by Gasteiger charge is -2.34. The Hall–Kier alpha value is -2.18. The highest BCUT2D eigenvalue weighted by atomic mass is 16.5. The normalized spacial score (nSPS) is 26.5. The zero-order chi connectivity index (χ0) is 17.4. The molecule has 1 aromatic carbocycles. The second-order valence-corrected chi connectivity index (χ2v) is 7.20. The highest BCUT2D eigenvalue weighted by Crippen LogP contribution is 2.42. The molecule has 2 atom stereocenters. The lowest BCUT2D eigenvalue weighted by atomic mass is 9.74. The number of fused-ring (bicyclic) bond motifs is 1. The summed E-state index contributed by atoms with van der Waals surface area (Å²) in [5.41, 5.74) is 2.35. The number of aliphatic carboxylic acids is 1. The van der Waals surface area contributed by atoms with Crippen molar-refractivity contribution in [3.05, 3.63) is 41.7 Å². The van der Waals surface area contributed by atoms with Gasteiger partial charge in [-0.3, -0.25) is 9.69 Å². The van der Waals surface area contributed by atoms with E-state index in [9.17, 15) is 9.90 Å². The van der Waals surface area contributed by atoms with Crippen LogP contribution in [-0.2, 0) is 16.1 Å². The zero-order valence-electron chi connectivity index (χ0n) is 14.3. The molecule has 2 saturated heterocycles. The topological polar surface area (TPSA) is 75.8 Å². The first-order valence-corrected chi connectivity index (χ1v) is 8.63. The molecule has 0 amide bonds. The van der Waals surface area contributed by atoms with Gasteiger partial charge in [-0.1, -0.05) is 35.0 Å². The van der Waals surface area contributed by atoms with Crippen molar-refractivity contribution in [2.75, 3.05) is 26.3 Å². The first kappa shape index (κ1) is 16.3. The van der Waals surface area contributed by atoms with Crippen LogP contribution in [0.5, 0.6) is 0 Å². The van der Waals surface area contributed by atoms with Crippen LogP contribution < -0.4 is 0 Å². The summed E-state index contributed by atoms with van der Waals surface area (Å²) >= 11 is 0. The Morgan fingerprint density at radius 3 is 2.92 bits per heavy atom. The number of nitrogens with zero attached hydrogens (tertiary/aromatic N) is 2. The number of aromatic nitrogens is 1. The van der Waals surface area contributed by atoms with Crippen LogP contribution in [0.2, 0.25) is 0 Å². The van der Waals surface area contributed by atoms with Gasteiger partial charge in [0, 0.05) is 37.2 Å². The number of carbonyl (C=O) groups is 1. The van der Waals surface area contributed by atoms with E-state index in [1.54, 1.807) is 0 Å². The van der Waals surface area contributed by atoms with Crippen molar-refractivity contribution in [2.45, 2.75) is 19.9 Å². The number of ether oxygens (including phenoxy) is 1. The standard InChI is InChI=1S/C19H22N2O4/c1-13-2-4-14(5-3-13)17-8-16(25-20-17)10-21-9-15-11-24-7-6-19(15,12-21)18(22)23/h2-5,8,15H,6-7,9-12H2,1H3,(H,22,23)/t15-,19+/m1/s1. The summed E-state index contributed by atoms with van der Waals surface area (Å²) in [5, 5.41) is 13.9. The van der Waals surface area contributed by atoms with Crippen molar-refractivity contribution in [2.24, 2.45) is 11.3 Å². The van der Waals surface area contributed by atoms with Crippen LogP contribution in [0.3, 0.4) is 0 Å². The minimum atomic E-state index is -0.707. The second-order valence-electron chi connectivity index (χ2n) is 7.20. The number of rotatable bonds is 4. The monoisotopic (exact) mass is 342 g/mol. The van der Waals surface area contributed by atoms with Gasteiger partial charge in [0.1, 0.15) is 5.69 Å². The molecule has 2 aliphatic heterocycles. The van der Waals surface area contributed by atoms with E-state index in [-0.39, 0.29) is 5.92 Å². The predicted octanol–water partition coefficient (Wildman–Crippen LogP) is 2.57. The van der Waals surface area contributed by atoms with Gasteiger partial charge >= 0.3 is 5.97 Å². The molecule has 1 aromatic heterocycles. The second kappa shape index (κ2) is 6.28. The summed E-state index contributed by atoms with van der Waals surface area (Å²) < 4.78 is 11.0. The minimum absolute atomic E-state index is 0.0400. The highest BCUT2D eigenvalue weighted by molar-refractivity contribution is 5.76. The Kier molecular flexibility index (Phi) is 4.09. The summed E-state index contributed by atoms with van der Waals surface area (Å²) in [4.78, 5) is 14.0. The molecule has 132 valence electrons. The van der Waals surface area contributed by atoms with Crippen molar-refractivity contribution in [3.8, 4) is 11.3 Å². The molecule has 6 heteroatoms. The van der Waals surface area contributed by atoms with Gasteiger partial charge in [0.05, 0.1) is 18.6 Å². The maximum Gasteiger partial charge on any atom is 0.311 e. The molecule has 4 rings (SSSR count). The van der Waals surface area contributed by atoms with Crippen molar-refractivity contribution in [1.29, 1.82) is 0 Å². The zero-order valence-corrected chi connectivity index (χ0v) is 14.3. The molecule has 0 bridgehead atoms. The lowest BCUT2D eigenvalue weighted by molar-refractivity contribution is -0.157. The third kappa shape index (κ3) is 2.96. The summed E-state index contributed by atoms with van der Waals surface area (Å²) in [5.74, 6) is 0.0927. The summed E-state index contributed by atoms with van der Waals surface area (Å²) in [6.45, 7) is 4.92. The third-order valence-electron chi connectivity index (χ3n) is 5.49. The molecule has 1 N–H and O–H groups in total. The van der Waals surface area contributed by atoms with E-state index in [0.717, 1.165) is 17.0 Å². The molecule has 2 aliphatic rings. The number of hydrogen-bond donors (Lipinski definition) is 1. The molecule has 0 aliphatic carbocycles. The van der Waals surface area contributed by atoms with E-state index in [2.05, 4.69) is 10.1 Å². The van der Waals surface area contributed by atoms with Crippen LogP contribution in [-0.4, -0.2) is 47.4 Å². The third-order valence-corrected chi connectivity index (χ3v) is 5.49. The van der Waals surface area contributed by atoms with Gasteiger partial charge in [-0.15, -0.1) is 0 Å². The van der Waals surface area contributed by atoms with Crippen LogP contribution in [0.25, 0.3) is 11.3 Å². The van der Waals surface area contributed by atoms with Gasteiger partial charge in [0.15, 0.2) is 5.76 Å². The average molecular weight is 342 g/mol. The van der Waals surface area contributed by atoms with Gasteiger partial charge in [0.2, 0.25) is 0 Å². The molecule has 0 saturated carbocycles. The number of benzene rings is 1. The van der Waals surface area contributed by atoms with Crippen LogP contribution in [0, 0.1) is 18.3 Å². The Morgan fingerprint density at radius 2 is 2.20 bits per heavy atom. The summed E-state index contributed by atoms with van der Waals surface area (Å²) in [7, 11) is 0. The first-order valence-electron chi connectivity index (χ1n) is 8.63. The Morgan fingerprint density at radius 1 is 1.40 bits per heavy atom. The van der Waals surface area contributed by atoms with E-state index in [4.69, 9.17) is 9.26 Å². The van der Waals surface area contributed by atoms with Gasteiger partial charge in [0.25, 0.3) is 0 Å². The molecule has 2 aromatic rings. The van der Waals surface area contributed by atoms with Crippen molar-refractivity contribution in [3.63, 3.8) is 0 Å². The number of likely N-dealkylation sites (tertiary alicyclic amines) is 1. The molecular weight excluding hydrogens is 320 g/mol. The van der Waals surface area contributed by atoms with E-state index < -0.39 is 11.4 Å². The maximum absolute atomic E-state index is 11.9. The lowest BCUT2D eigenvalue weighted by Crippen LogP contribution is -2.44. The molecular formula is C19H22N2O4. The first-order chi connectivity index (χ1) is 12.1. The van der Waals surface area contributed by atoms with Crippen LogP contribution in [0.1, 0.15) is 17.7 Å². The molecule has 25 heavy (non-hydrogen) atoms. The maximum atomic E-state index is 11.9. The van der Waals surface area contributed by atoms with Gasteiger partial charge in [-0.2, -0.15) is 0 Å². The summed E-state index contributed by atoms with van der Waals surface area (Å²) in [6.07, 6.45) is 0.578. The Balaban J connectivity index is 1.48. The van der Waals surface area contributed by atoms with E-state index in [0.29, 0.717) is 39.3 Å². The van der Waals surface area contributed by atoms with E-state index in [1.807, 2.05) is 37.3 Å². The van der Waals surface area contributed by atoms with E-state index in [1.165, 1.54) is 5.56 Å². The quantitative estimate of drug-likeness (QED) is 0.920. The van der Waals surface area contributed by atoms with Crippen LogP contribution >= 0.6 is 0 Å². The molecule has 3 heterocycles. The fourth-order valence-electron chi connectivity index (χ4n) is 3.99. The number of carboxylic acid groups (broad SMARTS) is 1. The fourth-order valence-corrected chi connectivity index (χ4v) is 3.99. The average Bonchev–Trinajstić information content (AvgIpc) is 3.20. The van der Waals surface area contributed by atoms with Crippen molar-refractivity contribution >= 4 is 5.97 Å². The fraction of sp³-hybridized carbons (Fsp3) is 0.474. The minimum Gasteiger partial charge on any atom is -0.481 e. The molecule has 0 radical (unpaired) electrons. The van der Waals surface area contributed by atoms with Gasteiger partial charge < -0.3 is 14.4 Å². The summed E-state index contributed by atoms with van der Waals surface area (Å²) in [6, 6.07) is 10.1. The smallest absolute Gasteiger partial charge is 0.311 e. The van der Waals surface area contributed by atoms with E-state index >= 15 is 0 Å². The largest absolute Gasteiger partial charge is 0.481 e. The molecule has 0 spiro atoms.